The van der Waals surface area contributed by atoms with E-state index in [-0.39, 0.29) is 17.5 Å². The van der Waals surface area contributed by atoms with Crippen molar-refractivity contribution in [1.29, 1.82) is 0 Å². The fraction of sp³-hybridized carbons (Fsp3) is 0.467. The molecular formula is C30H39N3O4S. The largest absolute Gasteiger partial charge is 0.379 e. The number of rotatable bonds is 9. The number of nitrogens with zero attached hydrogens (tertiary/aromatic N) is 3. The normalized spacial score (nSPS) is 18.4. The van der Waals surface area contributed by atoms with Gasteiger partial charge in [-0.3, -0.25) is 18.8 Å². The maximum Gasteiger partial charge on any atom is 0.186 e. The van der Waals surface area contributed by atoms with Crippen LogP contribution >= 0.6 is 10.6 Å². The summed E-state index contributed by atoms with van der Waals surface area (Å²) >= 11 is 0. The number of ketones is 1. The van der Waals surface area contributed by atoms with Crippen LogP contribution in [0, 0.1) is 12.8 Å². The molecule has 1 aromatic heterocycles. The molecule has 1 unspecified atom stereocenters. The van der Waals surface area contributed by atoms with E-state index in [2.05, 4.69) is 24.0 Å². The van der Waals surface area contributed by atoms with E-state index in [1.807, 2.05) is 48.9 Å². The van der Waals surface area contributed by atoms with E-state index >= 15 is 0 Å². The van der Waals surface area contributed by atoms with Crippen molar-refractivity contribution in [2.45, 2.75) is 63.6 Å². The first kappa shape index (κ1) is 27.1. The highest BCUT2D eigenvalue weighted by molar-refractivity contribution is 8.23. The topological polar surface area (TPSA) is 87.8 Å². The zero-order chi connectivity index (χ0) is 26.9. The molecule has 8 heteroatoms. The van der Waals surface area contributed by atoms with Gasteiger partial charge >= 0.3 is 0 Å². The lowest BCUT2D eigenvalue weighted by molar-refractivity contribution is 0.0342. The number of aryl methyl sites for hydroxylation is 1. The lowest BCUT2D eigenvalue weighted by Gasteiger charge is -2.38. The van der Waals surface area contributed by atoms with Crippen molar-refractivity contribution in [3.8, 4) is 16.9 Å². The molecule has 1 fully saturated rings. The van der Waals surface area contributed by atoms with Gasteiger partial charge in [0.2, 0.25) is 0 Å². The van der Waals surface area contributed by atoms with Crippen LogP contribution < -0.4 is 0 Å². The second kappa shape index (κ2) is 11.3. The van der Waals surface area contributed by atoms with Crippen LogP contribution in [0.3, 0.4) is 0 Å². The number of unbranched alkanes of at least 4 members (excludes halogenated alkanes) is 1. The van der Waals surface area contributed by atoms with E-state index in [4.69, 9.17) is 9.84 Å². The Balaban J connectivity index is 1.58. The molecule has 1 saturated heterocycles. The minimum absolute atomic E-state index is 0.00523. The average Bonchev–Trinajstić information content (AvgIpc) is 3.28. The Morgan fingerprint density at radius 2 is 1.84 bits per heavy atom. The summed E-state index contributed by atoms with van der Waals surface area (Å²) < 4.78 is 29.7. The fourth-order valence-corrected chi connectivity index (χ4v) is 7.27. The van der Waals surface area contributed by atoms with Crippen LogP contribution in [0.5, 0.6) is 0 Å². The number of carbonyl (C=O) groups is 1. The molecule has 2 aromatic carbocycles. The van der Waals surface area contributed by atoms with E-state index in [0.29, 0.717) is 16.2 Å². The Morgan fingerprint density at radius 1 is 1.11 bits per heavy atom. The molecule has 3 aromatic rings. The molecular weight excluding hydrogens is 498 g/mol. The van der Waals surface area contributed by atoms with Crippen molar-refractivity contribution in [3.63, 3.8) is 0 Å². The number of Topliss-reactive ketones (excluding diaryl/α,β-unsaturated/α-hetero) is 1. The first-order chi connectivity index (χ1) is 18.3. The van der Waals surface area contributed by atoms with Crippen molar-refractivity contribution in [1.82, 2.24) is 14.7 Å². The molecule has 1 atom stereocenters. The van der Waals surface area contributed by atoms with E-state index in [1.165, 1.54) is 5.56 Å². The summed E-state index contributed by atoms with van der Waals surface area (Å²) in [6.07, 6.45) is 3.56. The van der Waals surface area contributed by atoms with Crippen LogP contribution in [-0.2, 0) is 17.0 Å². The molecule has 0 radical (unpaired) electrons. The van der Waals surface area contributed by atoms with Gasteiger partial charge in [0.05, 0.1) is 35.2 Å². The number of hydrogen-bond acceptors (Lipinski definition) is 6. The summed E-state index contributed by atoms with van der Waals surface area (Å²) in [7, 11) is -3.10. The highest BCUT2D eigenvalue weighted by Gasteiger charge is 2.37. The van der Waals surface area contributed by atoms with Gasteiger partial charge in [0, 0.05) is 36.7 Å². The highest BCUT2D eigenvalue weighted by atomic mass is 32.3. The SMILES string of the molecule is CCCCC(CC)C(=O)c1nn(-c2ccc(CN3CCOCC3)cc2)c2c1CS(O)(O)c1cc(C)ccc1-2. The Kier molecular flexibility index (Phi) is 8.07. The monoisotopic (exact) mass is 537 g/mol. The number of carbonyl (C=O) groups excluding carboxylic acids is 1. The molecule has 3 heterocycles. The molecule has 0 amide bonds. The van der Waals surface area contributed by atoms with Gasteiger partial charge in [-0.2, -0.15) is 15.7 Å². The predicted molar refractivity (Wildman–Crippen MR) is 152 cm³/mol. The third kappa shape index (κ3) is 5.33. The van der Waals surface area contributed by atoms with Gasteiger partial charge in [-0.1, -0.05) is 51.0 Å². The molecule has 2 N–H and O–H groups in total. The molecule has 204 valence electrons. The second-order valence-electron chi connectivity index (χ2n) is 10.6. The van der Waals surface area contributed by atoms with Crippen molar-refractivity contribution < 1.29 is 18.6 Å². The zero-order valence-electron chi connectivity index (χ0n) is 22.7. The van der Waals surface area contributed by atoms with Gasteiger partial charge in [-0.05, 0) is 49.1 Å². The van der Waals surface area contributed by atoms with Gasteiger partial charge in [0.15, 0.2) is 5.78 Å². The third-order valence-corrected chi connectivity index (χ3v) is 9.50. The van der Waals surface area contributed by atoms with Crippen molar-refractivity contribution in [2.24, 2.45) is 5.92 Å². The zero-order valence-corrected chi connectivity index (χ0v) is 23.5. The molecule has 2 aliphatic heterocycles. The number of ether oxygens (including phenoxy) is 1. The van der Waals surface area contributed by atoms with E-state index < -0.39 is 10.6 Å². The standard InChI is InChI=1S/C30H39N3O4S/c1-4-6-7-23(5-2)30(34)28-26-20-38(35,36)27-18-21(3)8-13-25(27)29(26)33(31-28)24-11-9-22(10-12-24)19-32-14-16-37-17-15-32/h8-13,18,23,35-36H,4-7,14-17,19-20H2,1-3H3. The molecule has 5 rings (SSSR count). The first-order valence-electron chi connectivity index (χ1n) is 13.7. The summed E-state index contributed by atoms with van der Waals surface area (Å²) in [5.41, 5.74) is 5.60. The lowest BCUT2D eigenvalue weighted by Crippen LogP contribution is -2.35. The predicted octanol–water partition coefficient (Wildman–Crippen LogP) is 6.70. The van der Waals surface area contributed by atoms with Gasteiger partial charge in [-0.15, -0.1) is 0 Å². The van der Waals surface area contributed by atoms with Gasteiger partial charge in [0.1, 0.15) is 5.69 Å². The Morgan fingerprint density at radius 3 is 2.53 bits per heavy atom. The second-order valence-corrected chi connectivity index (χ2v) is 12.6. The fourth-order valence-electron chi connectivity index (χ4n) is 5.55. The van der Waals surface area contributed by atoms with Gasteiger partial charge in [-0.25, -0.2) is 4.68 Å². The van der Waals surface area contributed by atoms with Crippen LogP contribution in [0.15, 0.2) is 47.4 Å². The number of hydrogen-bond donors (Lipinski definition) is 2. The highest BCUT2D eigenvalue weighted by Crippen LogP contribution is 2.60. The number of benzene rings is 2. The first-order valence-corrected chi connectivity index (χ1v) is 15.5. The maximum absolute atomic E-state index is 13.8. The lowest BCUT2D eigenvalue weighted by atomic mass is 9.91. The minimum atomic E-state index is -3.10. The quantitative estimate of drug-likeness (QED) is 0.295. The third-order valence-electron chi connectivity index (χ3n) is 7.77. The molecule has 0 spiro atoms. The van der Waals surface area contributed by atoms with E-state index in [1.54, 1.807) is 0 Å². The summed E-state index contributed by atoms with van der Waals surface area (Å²) in [6, 6.07) is 14.1. The molecule has 0 saturated carbocycles. The number of aromatic nitrogens is 2. The van der Waals surface area contributed by atoms with Crippen LogP contribution in [0.1, 0.15) is 66.7 Å². The Hall–Kier alpha value is -2.49. The summed E-state index contributed by atoms with van der Waals surface area (Å²) in [5, 5.41) is 4.90. The number of fused-ring (bicyclic) bond motifs is 3. The molecule has 0 bridgehead atoms. The number of morpholine rings is 1. The van der Waals surface area contributed by atoms with Crippen molar-refractivity contribution >= 4 is 16.4 Å². The molecule has 38 heavy (non-hydrogen) atoms. The molecule has 7 nitrogen and oxygen atoms in total. The van der Waals surface area contributed by atoms with Crippen LogP contribution in [0.25, 0.3) is 16.9 Å². The minimum Gasteiger partial charge on any atom is -0.379 e. The van der Waals surface area contributed by atoms with Crippen molar-refractivity contribution in [2.75, 3.05) is 26.3 Å². The summed E-state index contributed by atoms with van der Waals surface area (Å²) in [6.45, 7) is 10.4. The van der Waals surface area contributed by atoms with Crippen LogP contribution in [-0.4, -0.2) is 55.9 Å². The van der Waals surface area contributed by atoms with E-state index in [0.717, 1.165) is 81.0 Å². The molecule has 2 aliphatic rings. The smallest absolute Gasteiger partial charge is 0.186 e. The van der Waals surface area contributed by atoms with Gasteiger partial charge in [0.25, 0.3) is 0 Å². The summed E-state index contributed by atoms with van der Waals surface area (Å²) in [4.78, 5) is 16.7. The van der Waals surface area contributed by atoms with E-state index in [9.17, 15) is 13.9 Å². The Labute approximate surface area is 227 Å². The average molecular weight is 538 g/mol. The summed E-state index contributed by atoms with van der Waals surface area (Å²) in [5.74, 6) is -0.107. The van der Waals surface area contributed by atoms with Crippen LogP contribution in [0.2, 0.25) is 0 Å². The van der Waals surface area contributed by atoms with Gasteiger partial charge < -0.3 is 4.74 Å². The molecule has 0 aliphatic carbocycles. The maximum atomic E-state index is 13.8. The van der Waals surface area contributed by atoms with Crippen molar-refractivity contribution in [3.05, 3.63) is 64.8 Å². The Bertz CT molecular complexity index is 1300. The van der Waals surface area contributed by atoms with Crippen LogP contribution in [0.4, 0.5) is 0 Å².